The number of carbonyl (C=O) groups excluding carboxylic acids is 1. The quantitative estimate of drug-likeness (QED) is 0.824. The minimum atomic E-state index is -1.04. The number of halogens is 1. The zero-order chi connectivity index (χ0) is 14.3. The van der Waals surface area contributed by atoms with E-state index in [-0.39, 0.29) is 24.3 Å². The van der Waals surface area contributed by atoms with E-state index in [1.165, 1.54) is 17.0 Å². The predicted molar refractivity (Wildman–Crippen MR) is 71.5 cm³/mol. The molecule has 0 saturated carbocycles. The molecule has 6 heteroatoms. The van der Waals surface area contributed by atoms with Crippen LogP contribution in [0.15, 0.2) is 29.3 Å². The molecule has 2 heterocycles. The number of β-amino-alcohol motifs (C(OH)–C–C–N with tert-alkyl or cyclic N) is 1. The molecule has 1 fully saturated rings. The molecule has 0 spiro atoms. The molecule has 2 atom stereocenters. The average molecular weight is 277 g/mol. The number of benzene rings is 1. The molecular formula is C14H16FN3O2. The van der Waals surface area contributed by atoms with Crippen LogP contribution in [-0.2, 0) is 4.79 Å². The van der Waals surface area contributed by atoms with Crippen LogP contribution in [0.2, 0.25) is 0 Å². The molecule has 0 bridgehead atoms. The summed E-state index contributed by atoms with van der Waals surface area (Å²) in [5, 5.41) is 9.85. The molecule has 1 aromatic carbocycles. The van der Waals surface area contributed by atoms with Crippen molar-refractivity contribution >= 4 is 11.9 Å². The molecule has 2 aliphatic rings. The SMILES string of the molecule is CN1CC(O)C(=O)N2C1=NCCC2c1ccc(F)cc1. The number of aliphatic imine (C=N–C) groups is 1. The Morgan fingerprint density at radius 2 is 2.05 bits per heavy atom. The molecule has 106 valence electrons. The fourth-order valence-electron chi connectivity index (χ4n) is 2.77. The van der Waals surface area contributed by atoms with E-state index in [0.29, 0.717) is 18.9 Å². The van der Waals surface area contributed by atoms with Gasteiger partial charge in [0.1, 0.15) is 5.82 Å². The summed E-state index contributed by atoms with van der Waals surface area (Å²) >= 11 is 0. The van der Waals surface area contributed by atoms with Crippen molar-refractivity contribution in [1.29, 1.82) is 0 Å². The van der Waals surface area contributed by atoms with E-state index >= 15 is 0 Å². The highest BCUT2D eigenvalue weighted by Crippen LogP contribution is 2.31. The number of likely N-dealkylation sites (N-methyl/N-ethyl adjacent to an activating group) is 1. The van der Waals surface area contributed by atoms with E-state index in [2.05, 4.69) is 4.99 Å². The van der Waals surface area contributed by atoms with Gasteiger partial charge in [-0.15, -0.1) is 0 Å². The normalized spacial score (nSPS) is 26.4. The molecule has 3 rings (SSSR count). The molecule has 1 N–H and O–H groups in total. The molecule has 0 radical (unpaired) electrons. The minimum Gasteiger partial charge on any atom is -0.381 e. The third-order valence-corrected chi connectivity index (χ3v) is 3.75. The van der Waals surface area contributed by atoms with Crippen LogP contribution in [-0.4, -0.2) is 53.0 Å². The Kier molecular flexibility index (Phi) is 3.17. The highest BCUT2D eigenvalue weighted by Gasteiger charge is 2.41. The van der Waals surface area contributed by atoms with E-state index < -0.39 is 6.10 Å². The lowest BCUT2D eigenvalue weighted by molar-refractivity contribution is -0.142. The van der Waals surface area contributed by atoms with Crippen molar-refractivity contribution < 1.29 is 14.3 Å². The molecule has 2 aliphatic heterocycles. The second-order valence-corrected chi connectivity index (χ2v) is 5.14. The number of aliphatic hydroxyl groups is 1. The zero-order valence-corrected chi connectivity index (χ0v) is 11.2. The predicted octanol–water partition coefficient (Wildman–Crippen LogP) is 0.761. The number of fused-ring (bicyclic) bond motifs is 1. The zero-order valence-electron chi connectivity index (χ0n) is 11.2. The summed E-state index contributed by atoms with van der Waals surface area (Å²) < 4.78 is 13.0. The number of carbonyl (C=O) groups is 1. The van der Waals surface area contributed by atoms with Gasteiger partial charge in [0, 0.05) is 13.6 Å². The first-order valence-electron chi connectivity index (χ1n) is 6.60. The molecule has 2 unspecified atom stereocenters. The first-order chi connectivity index (χ1) is 9.58. The fourth-order valence-corrected chi connectivity index (χ4v) is 2.77. The molecule has 5 nitrogen and oxygen atoms in total. The molecule has 0 aliphatic carbocycles. The number of guanidine groups is 1. The van der Waals surface area contributed by atoms with Crippen molar-refractivity contribution in [2.24, 2.45) is 4.99 Å². The van der Waals surface area contributed by atoms with E-state index in [0.717, 1.165) is 5.56 Å². The Balaban J connectivity index is 1.98. The lowest BCUT2D eigenvalue weighted by Crippen LogP contribution is -2.60. The maximum absolute atomic E-state index is 13.0. The van der Waals surface area contributed by atoms with Crippen LogP contribution in [0.1, 0.15) is 18.0 Å². The maximum Gasteiger partial charge on any atom is 0.260 e. The molecule has 1 saturated heterocycles. The van der Waals surface area contributed by atoms with Gasteiger partial charge in [0.25, 0.3) is 5.91 Å². The first-order valence-corrected chi connectivity index (χ1v) is 6.60. The lowest BCUT2D eigenvalue weighted by atomic mass is 9.99. The van der Waals surface area contributed by atoms with Crippen LogP contribution in [0.25, 0.3) is 0 Å². The van der Waals surface area contributed by atoms with E-state index in [4.69, 9.17) is 0 Å². The van der Waals surface area contributed by atoms with Gasteiger partial charge in [0.15, 0.2) is 6.10 Å². The molecular weight excluding hydrogens is 261 g/mol. The van der Waals surface area contributed by atoms with Gasteiger partial charge in [-0.1, -0.05) is 12.1 Å². The van der Waals surface area contributed by atoms with Crippen molar-refractivity contribution in [3.8, 4) is 0 Å². The summed E-state index contributed by atoms with van der Waals surface area (Å²) in [7, 11) is 1.80. The highest BCUT2D eigenvalue weighted by atomic mass is 19.1. The number of aliphatic hydroxyl groups excluding tert-OH is 1. The second kappa shape index (κ2) is 4.86. The average Bonchev–Trinajstić information content (AvgIpc) is 2.45. The van der Waals surface area contributed by atoms with Crippen molar-refractivity contribution in [3.05, 3.63) is 35.6 Å². The summed E-state index contributed by atoms with van der Waals surface area (Å²) in [6, 6.07) is 5.92. The van der Waals surface area contributed by atoms with Gasteiger partial charge in [-0.3, -0.25) is 14.7 Å². The number of amides is 1. The van der Waals surface area contributed by atoms with Crippen LogP contribution in [0, 0.1) is 5.82 Å². The van der Waals surface area contributed by atoms with Crippen LogP contribution < -0.4 is 0 Å². The van der Waals surface area contributed by atoms with Gasteiger partial charge < -0.3 is 10.0 Å². The smallest absolute Gasteiger partial charge is 0.260 e. The van der Waals surface area contributed by atoms with Crippen molar-refractivity contribution in [2.45, 2.75) is 18.6 Å². The van der Waals surface area contributed by atoms with Crippen molar-refractivity contribution in [2.75, 3.05) is 20.1 Å². The van der Waals surface area contributed by atoms with Gasteiger partial charge >= 0.3 is 0 Å². The van der Waals surface area contributed by atoms with Crippen LogP contribution in [0.4, 0.5) is 4.39 Å². The molecule has 0 aromatic heterocycles. The second-order valence-electron chi connectivity index (χ2n) is 5.14. The van der Waals surface area contributed by atoms with Gasteiger partial charge in [-0.2, -0.15) is 0 Å². The molecule has 1 amide bonds. The summed E-state index contributed by atoms with van der Waals surface area (Å²) in [4.78, 5) is 19.9. The number of rotatable bonds is 1. The van der Waals surface area contributed by atoms with Gasteiger partial charge in [0.2, 0.25) is 5.96 Å². The largest absolute Gasteiger partial charge is 0.381 e. The number of hydrogen-bond acceptors (Lipinski definition) is 4. The van der Waals surface area contributed by atoms with Crippen molar-refractivity contribution in [3.63, 3.8) is 0 Å². The third-order valence-electron chi connectivity index (χ3n) is 3.75. The summed E-state index contributed by atoms with van der Waals surface area (Å²) in [6.07, 6.45) is -0.374. The van der Waals surface area contributed by atoms with E-state index in [1.54, 1.807) is 24.1 Å². The number of hydrogen-bond donors (Lipinski definition) is 1. The van der Waals surface area contributed by atoms with E-state index in [9.17, 15) is 14.3 Å². The standard InChI is InChI=1S/C14H16FN3O2/c1-17-8-12(19)13(20)18-11(6-7-16-14(17)18)9-2-4-10(15)5-3-9/h2-5,11-12,19H,6-8H2,1H3. The number of nitrogens with zero attached hydrogens (tertiary/aromatic N) is 3. The Bertz CT molecular complexity index is 558. The molecule has 1 aromatic rings. The Morgan fingerprint density at radius 1 is 1.35 bits per heavy atom. The maximum atomic E-state index is 13.0. The van der Waals surface area contributed by atoms with Crippen LogP contribution in [0.5, 0.6) is 0 Å². The fraction of sp³-hybridized carbons (Fsp3) is 0.429. The Hall–Kier alpha value is -1.95. The Morgan fingerprint density at radius 3 is 2.75 bits per heavy atom. The van der Waals surface area contributed by atoms with Gasteiger partial charge in [-0.05, 0) is 24.1 Å². The summed E-state index contributed by atoms with van der Waals surface area (Å²) in [5.74, 6) is -0.0580. The van der Waals surface area contributed by atoms with Gasteiger partial charge in [-0.25, -0.2) is 4.39 Å². The van der Waals surface area contributed by atoms with Gasteiger partial charge in [0.05, 0.1) is 12.6 Å². The lowest BCUT2D eigenvalue weighted by Gasteiger charge is -2.44. The topological polar surface area (TPSA) is 56.1 Å². The summed E-state index contributed by atoms with van der Waals surface area (Å²) in [5.41, 5.74) is 0.856. The van der Waals surface area contributed by atoms with Crippen molar-refractivity contribution in [1.82, 2.24) is 9.80 Å². The summed E-state index contributed by atoms with van der Waals surface area (Å²) in [6.45, 7) is 0.867. The first kappa shape index (κ1) is 13.1. The molecule has 20 heavy (non-hydrogen) atoms. The Labute approximate surface area is 116 Å². The highest BCUT2D eigenvalue weighted by molar-refractivity contribution is 6.02. The van der Waals surface area contributed by atoms with Crippen LogP contribution >= 0.6 is 0 Å². The van der Waals surface area contributed by atoms with E-state index in [1.807, 2.05) is 0 Å². The van der Waals surface area contributed by atoms with Crippen LogP contribution in [0.3, 0.4) is 0 Å². The third kappa shape index (κ3) is 2.06. The monoisotopic (exact) mass is 277 g/mol. The minimum absolute atomic E-state index is 0.201.